The first-order valence-electron chi connectivity index (χ1n) is 4.37. The van der Waals surface area contributed by atoms with Crippen molar-refractivity contribution in [1.82, 2.24) is 0 Å². The van der Waals surface area contributed by atoms with Crippen LogP contribution in [0.15, 0.2) is 0 Å². The Bertz CT molecular complexity index is 181. The number of carbonyl (C=O) groups excluding carboxylic acids is 1. The molecular weight excluding hydrogens is 152 g/mol. The van der Waals surface area contributed by atoms with Gasteiger partial charge in [-0.25, -0.2) is 0 Å². The zero-order chi connectivity index (χ0) is 8.81. The molecular formula is C10H14O2. The average molecular weight is 166 g/mol. The first kappa shape index (κ1) is 9.28. The van der Waals surface area contributed by atoms with Gasteiger partial charge in [0.05, 0.1) is 6.10 Å². The molecule has 1 rings (SSSR count). The van der Waals surface area contributed by atoms with Crippen molar-refractivity contribution in [1.29, 1.82) is 0 Å². The van der Waals surface area contributed by atoms with Crippen molar-refractivity contribution in [2.24, 2.45) is 5.92 Å². The van der Waals surface area contributed by atoms with Crippen molar-refractivity contribution in [3.8, 4) is 12.3 Å². The second-order valence-corrected chi connectivity index (χ2v) is 3.20. The standard InChI is InChI=1S/C10H14O2/c1-2-6-12-10-5-3-4-9(7-10)8-11/h1,8-10H,3-7H2. The number of rotatable bonds is 3. The number of terminal acetylenes is 1. The molecule has 0 aliphatic heterocycles. The molecule has 0 N–H and O–H groups in total. The van der Waals surface area contributed by atoms with Crippen molar-refractivity contribution < 1.29 is 9.53 Å². The van der Waals surface area contributed by atoms with Crippen LogP contribution >= 0.6 is 0 Å². The molecule has 2 nitrogen and oxygen atoms in total. The summed E-state index contributed by atoms with van der Waals surface area (Å²) >= 11 is 0. The van der Waals surface area contributed by atoms with Crippen LogP contribution in [0.5, 0.6) is 0 Å². The molecule has 0 amide bonds. The first-order valence-corrected chi connectivity index (χ1v) is 4.37. The first-order chi connectivity index (χ1) is 5.86. The van der Waals surface area contributed by atoms with Crippen molar-refractivity contribution in [3.63, 3.8) is 0 Å². The molecule has 0 heterocycles. The molecule has 0 saturated heterocycles. The minimum atomic E-state index is 0.196. The van der Waals surface area contributed by atoms with Crippen LogP contribution in [0.2, 0.25) is 0 Å². The minimum absolute atomic E-state index is 0.196. The average Bonchev–Trinajstić information content (AvgIpc) is 2.15. The van der Waals surface area contributed by atoms with Crippen LogP contribution in [0.1, 0.15) is 25.7 Å². The van der Waals surface area contributed by atoms with Gasteiger partial charge in [0, 0.05) is 5.92 Å². The lowest BCUT2D eigenvalue weighted by atomic mass is 9.88. The number of ether oxygens (including phenoxy) is 1. The molecule has 1 aliphatic rings. The van der Waals surface area contributed by atoms with E-state index in [1.807, 2.05) is 0 Å². The second kappa shape index (κ2) is 4.95. The van der Waals surface area contributed by atoms with E-state index in [4.69, 9.17) is 11.2 Å². The highest BCUT2D eigenvalue weighted by Gasteiger charge is 2.21. The van der Waals surface area contributed by atoms with Gasteiger partial charge in [-0.3, -0.25) is 0 Å². The fourth-order valence-electron chi connectivity index (χ4n) is 1.62. The predicted octanol–water partition coefficient (Wildman–Crippen LogP) is 1.39. The van der Waals surface area contributed by atoms with Crippen LogP contribution in [0.4, 0.5) is 0 Å². The Labute approximate surface area is 73.3 Å². The van der Waals surface area contributed by atoms with E-state index < -0.39 is 0 Å². The number of carbonyl (C=O) groups is 1. The monoisotopic (exact) mass is 166 g/mol. The predicted molar refractivity (Wildman–Crippen MR) is 46.6 cm³/mol. The summed E-state index contributed by atoms with van der Waals surface area (Å²) < 4.78 is 5.37. The highest BCUT2D eigenvalue weighted by atomic mass is 16.5. The second-order valence-electron chi connectivity index (χ2n) is 3.20. The van der Waals surface area contributed by atoms with Crippen molar-refractivity contribution >= 4 is 6.29 Å². The van der Waals surface area contributed by atoms with Gasteiger partial charge in [0.2, 0.25) is 0 Å². The molecule has 0 radical (unpaired) electrons. The Morgan fingerprint density at radius 1 is 1.58 bits per heavy atom. The summed E-state index contributed by atoms with van der Waals surface area (Å²) in [6.45, 7) is 0.371. The third kappa shape index (κ3) is 2.67. The molecule has 1 aliphatic carbocycles. The quantitative estimate of drug-likeness (QED) is 0.468. The number of aldehydes is 1. The largest absolute Gasteiger partial charge is 0.366 e. The summed E-state index contributed by atoms with van der Waals surface area (Å²) in [5, 5.41) is 0. The van der Waals surface area contributed by atoms with E-state index in [-0.39, 0.29) is 12.0 Å². The van der Waals surface area contributed by atoms with Crippen LogP contribution in [-0.2, 0) is 9.53 Å². The van der Waals surface area contributed by atoms with E-state index >= 15 is 0 Å². The zero-order valence-electron chi connectivity index (χ0n) is 7.16. The van der Waals surface area contributed by atoms with E-state index in [1.54, 1.807) is 0 Å². The topological polar surface area (TPSA) is 26.3 Å². The third-order valence-electron chi connectivity index (χ3n) is 2.26. The molecule has 2 atom stereocenters. The number of hydrogen-bond donors (Lipinski definition) is 0. The molecule has 1 fully saturated rings. The normalized spacial score (nSPS) is 29.2. The van der Waals surface area contributed by atoms with E-state index in [9.17, 15) is 4.79 Å². The van der Waals surface area contributed by atoms with Gasteiger partial charge in [0.15, 0.2) is 0 Å². The van der Waals surface area contributed by atoms with Crippen LogP contribution < -0.4 is 0 Å². The van der Waals surface area contributed by atoms with Crippen LogP contribution in [0, 0.1) is 18.3 Å². The van der Waals surface area contributed by atoms with E-state index in [0.29, 0.717) is 6.61 Å². The summed E-state index contributed by atoms with van der Waals surface area (Å²) in [6.07, 6.45) is 10.3. The molecule has 1 saturated carbocycles. The molecule has 2 unspecified atom stereocenters. The highest BCUT2D eigenvalue weighted by molar-refractivity contribution is 5.53. The third-order valence-corrected chi connectivity index (χ3v) is 2.26. The molecule has 0 bridgehead atoms. The van der Waals surface area contributed by atoms with Crippen LogP contribution in [0.25, 0.3) is 0 Å². The summed E-state index contributed by atoms with van der Waals surface area (Å²) in [7, 11) is 0. The summed E-state index contributed by atoms with van der Waals surface area (Å²) in [6, 6.07) is 0. The van der Waals surface area contributed by atoms with Crippen molar-refractivity contribution in [3.05, 3.63) is 0 Å². The molecule has 0 spiro atoms. The smallest absolute Gasteiger partial charge is 0.123 e. The van der Waals surface area contributed by atoms with Crippen molar-refractivity contribution in [2.45, 2.75) is 31.8 Å². The van der Waals surface area contributed by atoms with Gasteiger partial charge in [-0.15, -0.1) is 6.42 Å². The lowest BCUT2D eigenvalue weighted by Gasteiger charge is -2.25. The zero-order valence-corrected chi connectivity index (χ0v) is 7.16. The Kier molecular flexibility index (Phi) is 3.83. The Morgan fingerprint density at radius 3 is 3.08 bits per heavy atom. The van der Waals surface area contributed by atoms with Crippen LogP contribution in [0.3, 0.4) is 0 Å². The fraction of sp³-hybridized carbons (Fsp3) is 0.700. The lowest BCUT2D eigenvalue weighted by Crippen LogP contribution is -2.23. The summed E-state index contributed by atoms with van der Waals surface area (Å²) in [5.41, 5.74) is 0. The van der Waals surface area contributed by atoms with Gasteiger partial charge in [-0.2, -0.15) is 0 Å². The van der Waals surface area contributed by atoms with Gasteiger partial charge in [-0.05, 0) is 19.3 Å². The molecule has 12 heavy (non-hydrogen) atoms. The van der Waals surface area contributed by atoms with Gasteiger partial charge < -0.3 is 9.53 Å². The molecule has 2 heteroatoms. The Morgan fingerprint density at radius 2 is 2.42 bits per heavy atom. The van der Waals surface area contributed by atoms with Crippen molar-refractivity contribution in [2.75, 3.05) is 6.61 Å². The Balaban J connectivity index is 2.26. The van der Waals surface area contributed by atoms with E-state index in [0.717, 1.165) is 32.0 Å². The van der Waals surface area contributed by atoms with E-state index in [1.165, 1.54) is 0 Å². The number of hydrogen-bond acceptors (Lipinski definition) is 2. The highest BCUT2D eigenvalue weighted by Crippen LogP contribution is 2.24. The van der Waals surface area contributed by atoms with Gasteiger partial charge in [0.25, 0.3) is 0 Å². The van der Waals surface area contributed by atoms with Gasteiger partial charge in [-0.1, -0.05) is 12.3 Å². The lowest BCUT2D eigenvalue weighted by molar-refractivity contribution is -0.113. The maximum absolute atomic E-state index is 10.5. The van der Waals surface area contributed by atoms with Gasteiger partial charge >= 0.3 is 0 Å². The van der Waals surface area contributed by atoms with E-state index in [2.05, 4.69) is 5.92 Å². The SMILES string of the molecule is C#CCOC1CCCC(C=O)C1. The minimum Gasteiger partial charge on any atom is -0.366 e. The summed E-state index contributed by atoms with van der Waals surface area (Å²) in [5.74, 6) is 2.63. The summed E-state index contributed by atoms with van der Waals surface area (Å²) in [4.78, 5) is 10.5. The molecule has 0 aromatic carbocycles. The molecule has 0 aromatic rings. The van der Waals surface area contributed by atoms with Gasteiger partial charge in [0.1, 0.15) is 12.9 Å². The van der Waals surface area contributed by atoms with Crippen LogP contribution in [-0.4, -0.2) is 19.0 Å². The maximum atomic E-state index is 10.5. The Hall–Kier alpha value is -0.810. The molecule has 0 aromatic heterocycles. The fourth-order valence-corrected chi connectivity index (χ4v) is 1.62. The molecule has 66 valence electrons. The maximum Gasteiger partial charge on any atom is 0.123 e.